The van der Waals surface area contributed by atoms with Crippen molar-refractivity contribution in [1.82, 2.24) is 19.4 Å². The summed E-state index contributed by atoms with van der Waals surface area (Å²) in [7, 11) is -6.00. The van der Waals surface area contributed by atoms with E-state index in [0.717, 1.165) is 0 Å². The number of sulfonamides is 2. The van der Waals surface area contributed by atoms with Crippen LogP contribution in [-0.2, 0) is 24.8 Å². The first kappa shape index (κ1) is 25.5. The number of anilines is 2. The highest BCUT2D eigenvalue weighted by molar-refractivity contribution is 7.94. The van der Waals surface area contributed by atoms with Gasteiger partial charge < -0.3 is 10.2 Å². The molecular weight excluding hydrogens is 488 g/mol. The highest BCUT2D eigenvalue weighted by Gasteiger charge is 2.30. The van der Waals surface area contributed by atoms with E-state index in [1.54, 1.807) is 33.8 Å². The molecule has 0 bridgehead atoms. The average molecular weight is 517 g/mol. The van der Waals surface area contributed by atoms with Crippen LogP contribution in [0.15, 0.2) is 27.4 Å². The summed E-state index contributed by atoms with van der Waals surface area (Å²) >= 11 is 0.704. The Hall–Kier alpha value is -2.13. The third kappa shape index (κ3) is 5.87. The molecule has 0 spiro atoms. The standard InChI is InChI=1S/C19H28N6O5S3/c1-13-6-7-14(12-15(13)33(29,30)25-10-8-24(5)9-11-25)23-32(27,28)18-22-21-17(31-18)20-16(26)19(2,3)4/h6-7,12,23H,8-11H2,1-5H3,(H,20,21,26). The molecule has 0 atom stereocenters. The summed E-state index contributed by atoms with van der Waals surface area (Å²) in [6, 6.07) is 4.35. The van der Waals surface area contributed by atoms with Crippen molar-refractivity contribution in [3.63, 3.8) is 0 Å². The van der Waals surface area contributed by atoms with E-state index in [2.05, 4.69) is 20.2 Å². The Balaban J connectivity index is 1.82. The highest BCUT2D eigenvalue weighted by Crippen LogP contribution is 2.28. The van der Waals surface area contributed by atoms with Gasteiger partial charge in [-0.05, 0) is 31.7 Å². The summed E-state index contributed by atoms with van der Waals surface area (Å²) in [5, 5.41) is 9.98. The Morgan fingerprint density at radius 2 is 1.70 bits per heavy atom. The van der Waals surface area contributed by atoms with Crippen molar-refractivity contribution in [3.05, 3.63) is 23.8 Å². The van der Waals surface area contributed by atoms with Gasteiger partial charge in [0, 0.05) is 31.6 Å². The summed E-state index contributed by atoms with van der Waals surface area (Å²) in [6.07, 6.45) is 0. The second kappa shape index (κ2) is 9.25. The predicted molar refractivity (Wildman–Crippen MR) is 126 cm³/mol. The van der Waals surface area contributed by atoms with E-state index in [4.69, 9.17) is 0 Å². The topological polar surface area (TPSA) is 142 Å². The van der Waals surface area contributed by atoms with Crippen LogP contribution in [0.1, 0.15) is 26.3 Å². The van der Waals surface area contributed by atoms with Crippen molar-refractivity contribution >= 4 is 48.1 Å². The lowest BCUT2D eigenvalue weighted by Gasteiger charge is -2.32. The summed E-state index contributed by atoms with van der Waals surface area (Å²) < 4.78 is 55.3. The molecule has 3 rings (SSSR count). The van der Waals surface area contributed by atoms with Gasteiger partial charge in [0.05, 0.1) is 10.6 Å². The number of carbonyl (C=O) groups is 1. The van der Waals surface area contributed by atoms with E-state index >= 15 is 0 Å². The molecule has 1 aromatic carbocycles. The van der Waals surface area contributed by atoms with Gasteiger partial charge in [-0.3, -0.25) is 9.52 Å². The number of nitrogens with zero attached hydrogens (tertiary/aromatic N) is 4. The van der Waals surface area contributed by atoms with Crippen LogP contribution in [0.2, 0.25) is 0 Å². The molecule has 1 fully saturated rings. The quantitative estimate of drug-likeness (QED) is 0.551. The van der Waals surface area contributed by atoms with Crippen molar-refractivity contribution in [2.45, 2.75) is 36.9 Å². The molecule has 2 N–H and O–H groups in total. The molecule has 14 heteroatoms. The Morgan fingerprint density at radius 3 is 2.30 bits per heavy atom. The molecule has 0 aliphatic carbocycles. The van der Waals surface area contributed by atoms with Crippen LogP contribution in [0.5, 0.6) is 0 Å². The largest absolute Gasteiger partial charge is 0.304 e. The maximum atomic E-state index is 13.2. The van der Waals surface area contributed by atoms with Crippen molar-refractivity contribution in [2.24, 2.45) is 5.41 Å². The van der Waals surface area contributed by atoms with Crippen LogP contribution in [0.25, 0.3) is 0 Å². The second-order valence-corrected chi connectivity index (χ2v) is 13.6. The number of aromatic nitrogens is 2. The van der Waals surface area contributed by atoms with Crippen molar-refractivity contribution in [3.8, 4) is 0 Å². The van der Waals surface area contributed by atoms with Gasteiger partial charge in [0.2, 0.25) is 21.1 Å². The number of benzene rings is 1. The molecule has 2 heterocycles. The van der Waals surface area contributed by atoms with Gasteiger partial charge >= 0.3 is 0 Å². The minimum Gasteiger partial charge on any atom is -0.304 e. The number of nitrogens with one attached hydrogen (secondary N) is 2. The molecule has 0 radical (unpaired) electrons. The monoisotopic (exact) mass is 516 g/mol. The third-order valence-corrected chi connectivity index (χ3v) is 9.69. The molecule has 11 nitrogen and oxygen atoms in total. The highest BCUT2D eigenvalue weighted by atomic mass is 32.2. The fourth-order valence-electron chi connectivity index (χ4n) is 2.96. The molecule has 1 saturated heterocycles. The lowest BCUT2D eigenvalue weighted by molar-refractivity contribution is -0.123. The SMILES string of the molecule is Cc1ccc(NS(=O)(=O)c2nnc(NC(=O)C(C)(C)C)s2)cc1S(=O)(=O)N1CCN(C)CC1. The minimum atomic E-state index is -4.14. The van der Waals surface area contributed by atoms with Crippen molar-refractivity contribution in [2.75, 3.05) is 43.3 Å². The fourth-order valence-corrected chi connectivity index (χ4v) is 6.58. The van der Waals surface area contributed by atoms with E-state index < -0.39 is 25.5 Å². The molecule has 1 aromatic heterocycles. The van der Waals surface area contributed by atoms with Crippen LogP contribution >= 0.6 is 11.3 Å². The lowest BCUT2D eigenvalue weighted by atomic mass is 9.96. The lowest BCUT2D eigenvalue weighted by Crippen LogP contribution is -2.47. The average Bonchev–Trinajstić information content (AvgIpc) is 3.18. The number of likely N-dealkylation sites (N-methyl/N-ethyl adjacent to an activating group) is 1. The second-order valence-electron chi connectivity index (χ2n) is 8.87. The number of hydrogen-bond donors (Lipinski definition) is 2. The molecule has 1 aliphatic heterocycles. The first-order valence-electron chi connectivity index (χ1n) is 10.2. The van der Waals surface area contributed by atoms with Gasteiger partial charge in [-0.1, -0.05) is 38.2 Å². The van der Waals surface area contributed by atoms with Gasteiger partial charge in [-0.2, -0.15) is 12.7 Å². The van der Waals surface area contributed by atoms with Gasteiger partial charge in [0.1, 0.15) is 0 Å². The number of rotatable bonds is 6. The van der Waals surface area contributed by atoms with E-state index in [1.165, 1.54) is 16.4 Å². The number of carbonyl (C=O) groups excluding carboxylic acids is 1. The Labute approximate surface area is 198 Å². The van der Waals surface area contributed by atoms with Crippen LogP contribution in [-0.4, -0.2) is 75.4 Å². The number of piperazine rings is 1. The first-order valence-corrected chi connectivity index (χ1v) is 13.9. The number of hydrogen-bond acceptors (Lipinski definition) is 9. The third-order valence-electron chi connectivity index (χ3n) is 5.06. The molecule has 1 amide bonds. The van der Waals surface area contributed by atoms with Gasteiger partial charge in [-0.15, -0.1) is 10.2 Å². The molecule has 0 saturated carbocycles. The summed E-state index contributed by atoms with van der Waals surface area (Å²) in [5.74, 6) is -0.326. The Morgan fingerprint density at radius 1 is 1.06 bits per heavy atom. The van der Waals surface area contributed by atoms with E-state index in [9.17, 15) is 21.6 Å². The summed E-state index contributed by atoms with van der Waals surface area (Å²) in [4.78, 5) is 14.2. The summed E-state index contributed by atoms with van der Waals surface area (Å²) in [5.41, 5.74) is -0.0833. The minimum absolute atomic E-state index is 0.0441. The zero-order valence-corrected chi connectivity index (χ0v) is 21.6. The Bertz CT molecular complexity index is 1240. The van der Waals surface area contributed by atoms with E-state index in [1.807, 2.05) is 11.9 Å². The molecular formula is C19H28N6O5S3. The Kier molecular flexibility index (Phi) is 7.15. The fraction of sp³-hybridized carbons (Fsp3) is 0.526. The van der Waals surface area contributed by atoms with Crippen molar-refractivity contribution < 1.29 is 21.6 Å². The molecule has 182 valence electrons. The van der Waals surface area contributed by atoms with Gasteiger partial charge in [0.15, 0.2) is 0 Å². The van der Waals surface area contributed by atoms with Gasteiger partial charge in [-0.25, -0.2) is 8.42 Å². The maximum Gasteiger partial charge on any atom is 0.291 e. The number of amides is 1. The van der Waals surface area contributed by atoms with Crippen LogP contribution < -0.4 is 10.0 Å². The normalized spacial score (nSPS) is 16.5. The summed E-state index contributed by atoms with van der Waals surface area (Å²) in [6.45, 7) is 8.78. The van der Waals surface area contributed by atoms with Crippen LogP contribution in [0.3, 0.4) is 0 Å². The molecule has 2 aromatic rings. The number of aryl methyl sites for hydroxylation is 1. The maximum absolute atomic E-state index is 13.2. The van der Waals surface area contributed by atoms with E-state index in [0.29, 0.717) is 43.1 Å². The van der Waals surface area contributed by atoms with Gasteiger partial charge in [0.25, 0.3) is 14.4 Å². The predicted octanol–water partition coefficient (Wildman–Crippen LogP) is 1.57. The molecule has 1 aliphatic rings. The first-order chi connectivity index (χ1) is 15.2. The zero-order chi connectivity index (χ0) is 24.6. The molecule has 33 heavy (non-hydrogen) atoms. The van der Waals surface area contributed by atoms with E-state index in [-0.39, 0.29) is 26.0 Å². The smallest absolute Gasteiger partial charge is 0.291 e. The van der Waals surface area contributed by atoms with Crippen LogP contribution in [0.4, 0.5) is 10.8 Å². The zero-order valence-electron chi connectivity index (χ0n) is 19.1. The van der Waals surface area contributed by atoms with Crippen molar-refractivity contribution in [1.29, 1.82) is 0 Å². The molecule has 0 unspecified atom stereocenters. The van der Waals surface area contributed by atoms with Crippen LogP contribution in [0, 0.1) is 12.3 Å².